The topological polar surface area (TPSA) is 88.3 Å². The van der Waals surface area contributed by atoms with Gasteiger partial charge in [0.05, 0.1) is 11.3 Å². The second-order valence-electron chi connectivity index (χ2n) is 8.50. The maximum absolute atomic E-state index is 13.5. The van der Waals surface area contributed by atoms with E-state index in [4.69, 9.17) is 4.42 Å². The molecule has 2 amide bonds. The van der Waals surface area contributed by atoms with E-state index < -0.39 is 0 Å². The smallest absolute Gasteiger partial charge is 0.277 e. The van der Waals surface area contributed by atoms with Crippen LogP contribution in [0, 0.1) is 6.92 Å². The molecule has 9 heteroatoms. The molecule has 3 heterocycles. The molecule has 2 aromatic heterocycles. The fourth-order valence-corrected chi connectivity index (χ4v) is 5.83. The minimum absolute atomic E-state index is 0.000407. The Bertz CT molecular complexity index is 1150. The van der Waals surface area contributed by atoms with Crippen molar-refractivity contribution in [3.63, 3.8) is 0 Å². The lowest BCUT2D eigenvalue weighted by molar-refractivity contribution is -0.113. The van der Waals surface area contributed by atoms with Crippen LogP contribution in [0.4, 0.5) is 5.00 Å². The molecule has 1 aliphatic heterocycles. The van der Waals surface area contributed by atoms with Crippen molar-refractivity contribution in [3.05, 3.63) is 47.3 Å². The van der Waals surface area contributed by atoms with Crippen molar-refractivity contribution in [2.45, 2.75) is 50.2 Å². The van der Waals surface area contributed by atoms with E-state index in [0.29, 0.717) is 27.6 Å². The molecule has 0 atom stereocenters. The molecule has 1 aliphatic carbocycles. The monoisotopic (exact) mass is 482 g/mol. The fourth-order valence-electron chi connectivity index (χ4n) is 4.04. The van der Waals surface area contributed by atoms with Crippen LogP contribution >= 0.6 is 23.1 Å². The van der Waals surface area contributed by atoms with Crippen molar-refractivity contribution in [3.8, 4) is 10.4 Å². The normalized spacial score (nSPS) is 16.1. The summed E-state index contributed by atoms with van der Waals surface area (Å²) in [5, 5.41) is 12.1. The minimum atomic E-state index is -0.195. The second-order valence-corrected chi connectivity index (χ2v) is 10.4. The summed E-state index contributed by atoms with van der Waals surface area (Å²) >= 11 is 2.68. The molecule has 1 saturated carbocycles. The Morgan fingerprint density at radius 3 is 2.64 bits per heavy atom. The number of nitrogens with zero attached hydrogens (tertiary/aromatic N) is 3. The lowest BCUT2D eigenvalue weighted by Gasteiger charge is -2.27. The van der Waals surface area contributed by atoms with Gasteiger partial charge in [0.15, 0.2) is 0 Å². The first-order chi connectivity index (χ1) is 16.1. The van der Waals surface area contributed by atoms with Gasteiger partial charge in [-0.25, -0.2) is 0 Å². The highest BCUT2D eigenvalue weighted by Gasteiger charge is 2.30. The number of thiophene rings is 1. The van der Waals surface area contributed by atoms with Gasteiger partial charge < -0.3 is 14.6 Å². The molecule has 1 saturated heterocycles. The quantitative estimate of drug-likeness (QED) is 0.457. The Balaban J connectivity index is 1.36. The molecule has 33 heavy (non-hydrogen) atoms. The van der Waals surface area contributed by atoms with Gasteiger partial charge in [-0.15, -0.1) is 21.5 Å². The number of carbonyl (C=O) groups is 2. The summed E-state index contributed by atoms with van der Waals surface area (Å²) in [5.41, 5.74) is 2.56. The van der Waals surface area contributed by atoms with Crippen LogP contribution in [0.5, 0.6) is 0 Å². The number of nitrogens with one attached hydrogen (secondary N) is 1. The largest absolute Gasteiger partial charge is 0.416 e. The van der Waals surface area contributed by atoms with Gasteiger partial charge in [-0.2, -0.15) is 0 Å². The van der Waals surface area contributed by atoms with Gasteiger partial charge in [0, 0.05) is 23.9 Å². The van der Waals surface area contributed by atoms with Crippen LogP contribution in [0.2, 0.25) is 0 Å². The van der Waals surface area contributed by atoms with E-state index in [1.54, 1.807) is 0 Å². The summed E-state index contributed by atoms with van der Waals surface area (Å²) in [6, 6.07) is 9.99. The molecule has 1 N–H and O–H groups in total. The van der Waals surface area contributed by atoms with Crippen molar-refractivity contribution >= 4 is 39.9 Å². The fraction of sp³-hybridized carbons (Fsp3) is 0.417. The van der Waals surface area contributed by atoms with Gasteiger partial charge in [-0.1, -0.05) is 42.1 Å². The van der Waals surface area contributed by atoms with Crippen LogP contribution in [0.1, 0.15) is 59.8 Å². The third-order valence-electron chi connectivity index (χ3n) is 5.97. The Labute approximate surface area is 201 Å². The molecule has 2 aliphatic rings. The number of thioether (sulfide) groups is 1. The third-order valence-corrected chi connectivity index (χ3v) is 8.04. The molecule has 7 nitrogen and oxygen atoms in total. The zero-order valence-corrected chi connectivity index (χ0v) is 20.1. The Morgan fingerprint density at radius 2 is 1.91 bits per heavy atom. The van der Waals surface area contributed by atoms with E-state index in [0.717, 1.165) is 61.2 Å². The average Bonchev–Trinajstić information content (AvgIpc) is 3.50. The van der Waals surface area contributed by atoms with E-state index in [9.17, 15) is 9.59 Å². The van der Waals surface area contributed by atoms with Crippen molar-refractivity contribution in [1.82, 2.24) is 15.1 Å². The highest BCUT2D eigenvalue weighted by Crippen LogP contribution is 2.41. The molecule has 172 valence electrons. The van der Waals surface area contributed by atoms with E-state index in [-0.39, 0.29) is 17.6 Å². The number of hydrogen-bond donors (Lipinski definition) is 1. The summed E-state index contributed by atoms with van der Waals surface area (Å²) in [5.74, 6) is 0.990. The second kappa shape index (κ2) is 9.69. The lowest BCUT2D eigenvalue weighted by atomic mass is 10.0. The maximum Gasteiger partial charge on any atom is 0.277 e. The zero-order valence-electron chi connectivity index (χ0n) is 18.5. The van der Waals surface area contributed by atoms with Crippen molar-refractivity contribution in [2.24, 2.45) is 0 Å². The number of benzene rings is 1. The van der Waals surface area contributed by atoms with Crippen molar-refractivity contribution < 1.29 is 14.0 Å². The van der Waals surface area contributed by atoms with Crippen LogP contribution in [0.25, 0.3) is 10.4 Å². The Kier molecular flexibility index (Phi) is 6.50. The van der Waals surface area contributed by atoms with E-state index in [2.05, 4.69) is 15.5 Å². The van der Waals surface area contributed by atoms with Crippen LogP contribution in [0.15, 0.2) is 40.0 Å². The van der Waals surface area contributed by atoms with E-state index in [1.165, 1.54) is 23.1 Å². The van der Waals surface area contributed by atoms with Gasteiger partial charge in [-0.3, -0.25) is 9.59 Å². The number of anilines is 1. The maximum atomic E-state index is 13.5. The molecule has 1 aromatic carbocycles. The van der Waals surface area contributed by atoms with Crippen LogP contribution < -0.4 is 5.32 Å². The van der Waals surface area contributed by atoms with Gasteiger partial charge in [-0.05, 0) is 50.2 Å². The Hall–Kier alpha value is -2.65. The molecular formula is C24H26N4O3S2. The SMILES string of the molecule is Cc1c(-c2ccccc2)sc(NC(=O)CSc2nnc(C3CC3)o2)c1C(=O)N1CCCCC1. The number of carbonyl (C=O) groups excluding carboxylic acids is 2. The first kappa shape index (κ1) is 22.2. The van der Waals surface area contributed by atoms with Gasteiger partial charge in [0.2, 0.25) is 11.8 Å². The molecule has 0 radical (unpaired) electrons. The number of aromatic nitrogens is 2. The number of piperidine rings is 1. The minimum Gasteiger partial charge on any atom is -0.416 e. The van der Waals surface area contributed by atoms with E-state index >= 15 is 0 Å². The standard InChI is InChI=1S/C24H26N4O3S2/c1-15-19(23(30)28-12-6-3-7-13-28)22(33-20(15)16-8-4-2-5-9-16)25-18(29)14-32-24-27-26-21(31-24)17-10-11-17/h2,4-5,8-9,17H,3,6-7,10-14H2,1H3,(H,25,29). The van der Waals surface area contributed by atoms with Crippen LogP contribution in [0.3, 0.4) is 0 Å². The highest BCUT2D eigenvalue weighted by atomic mass is 32.2. The molecule has 2 fully saturated rings. The summed E-state index contributed by atoms with van der Waals surface area (Å²) in [6.07, 6.45) is 5.36. The molecule has 3 aromatic rings. The lowest BCUT2D eigenvalue weighted by Crippen LogP contribution is -2.36. The van der Waals surface area contributed by atoms with Gasteiger partial charge in [0.1, 0.15) is 5.00 Å². The predicted molar refractivity (Wildman–Crippen MR) is 130 cm³/mol. The molecular weight excluding hydrogens is 456 g/mol. The summed E-state index contributed by atoms with van der Waals surface area (Å²) < 4.78 is 5.63. The number of rotatable bonds is 7. The average molecular weight is 483 g/mol. The summed E-state index contributed by atoms with van der Waals surface area (Å²) in [7, 11) is 0. The number of likely N-dealkylation sites (tertiary alicyclic amines) is 1. The van der Waals surface area contributed by atoms with Gasteiger partial charge in [0.25, 0.3) is 11.1 Å². The molecule has 0 spiro atoms. The van der Waals surface area contributed by atoms with Crippen LogP contribution in [-0.4, -0.2) is 45.8 Å². The number of hydrogen-bond acceptors (Lipinski definition) is 7. The molecule has 0 unspecified atom stereocenters. The van der Waals surface area contributed by atoms with E-state index in [1.807, 2.05) is 42.2 Å². The molecule has 0 bridgehead atoms. The molecule has 5 rings (SSSR count). The predicted octanol–water partition coefficient (Wildman–Crippen LogP) is 5.34. The Morgan fingerprint density at radius 1 is 1.15 bits per heavy atom. The van der Waals surface area contributed by atoms with Gasteiger partial charge >= 0.3 is 0 Å². The number of amides is 2. The van der Waals surface area contributed by atoms with Crippen molar-refractivity contribution in [2.75, 3.05) is 24.2 Å². The first-order valence-electron chi connectivity index (χ1n) is 11.3. The first-order valence-corrected chi connectivity index (χ1v) is 13.1. The highest BCUT2D eigenvalue weighted by molar-refractivity contribution is 7.99. The zero-order chi connectivity index (χ0) is 22.8. The van der Waals surface area contributed by atoms with Crippen molar-refractivity contribution in [1.29, 1.82) is 0 Å². The summed E-state index contributed by atoms with van der Waals surface area (Å²) in [4.78, 5) is 29.2. The van der Waals surface area contributed by atoms with Crippen LogP contribution in [-0.2, 0) is 4.79 Å². The summed E-state index contributed by atoms with van der Waals surface area (Å²) in [6.45, 7) is 3.50. The third kappa shape index (κ3) is 4.99.